The third kappa shape index (κ3) is 5.59. The number of benzene rings is 1. The van der Waals surface area contributed by atoms with Crippen molar-refractivity contribution >= 4 is 57.3 Å². The predicted octanol–water partition coefficient (Wildman–Crippen LogP) is 1.30. The number of fused-ring (bicyclic) bond motifs is 2. The molecule has 16 nitrogen and oxygen atoms in total. The van der Waals surface area contributed by atoms with Crippen LogP contribution in [0.4, 0.5) is 5.13 Å². The molecule has 0 aliphatic carbocycles. The van der Waals surface area contributed by atoms with Gasteiger partial charge in [-0.3, -0.25) is 14.5 Å². The number of oxime groups is 1. The Labute approximate surface area is 264 Å². The van der Waals surface area contributed by atoms with Gasteiger partial charge in [-0.2, -0.15) is 5.21 Å². The first kappa shape index (κ1) is 30.5. The summed E-state index contributed by atoms with van der Waals surface area (Å²) in [5.74, 6) is -2.32. The highest BCUT2D eigenvalue weighted by Gasteiger charge is 2.54. The van der Waals surface area contributed by atoms with Crippen LogP contribution in [0.1, 0.15) is 42.1 Å². The molecular weight excluding hydrogens is 626 g/mol. The number of H-pyrrole nitrogens is 1. The summed E-state index contributed by atoms with van der Waals surface area (Å²) in [4.78, 5) is 49.9. The number of phenolic OH excluding ortho intramolecular Hbond substituents is 2. The van der Waals surface area contributed by atoms with Crippen molar-refractivity contribution in [3.8, 4) is 11.5 Å². The number of amides is 1. The molecule has 0 spiro atoms. The van der Waals surface area contributed by atoms with E-state index in [1.54, 1.807) is 17.0 Å². The van der Waals surface area contributed by atoms with Gasteiger partial charge in [0.2, 0.25) is 17.3 Å². The van der Waals surface area contributed by atoms with Crippen LogP contribution in [0.25, 0.3) is 5.70 Å². The van der Waals surface area contributed by atoms with Gasteiger partial charge < -0.3 is 30.4 Å². The SMILES string of the molecule is CC(C)(O/N=C(\C(=O)C[C@@H]1C(=O)N2C(c3nn[nH]n3)=C(C[N+]3(C)Cc4cc(O)c(O)cc4C3)CS[C@H]12)c1cnc(N)s1)C(=O)O. The number of nitrogens with two attached hydrogens (primary N) is 1. The van der Waals surface area contributed by atoms with Crippen molar-refractivity contribution in [1.82, 2.24) is 30.5 Å². The molecule has 0 radical (unpaired) electrons. The lowest BCUT2D eigenvalue weighted by Gasteiger charge is -2.50. The lowest BCUT2D eigenvalue weighted by atomic mass is 9.89. The number of carbonyl (C=O) groups is 3. The summed E-state index contributed by atoms with van der Waals surface area (Å²) in [6.45, 7) is 4.35. The topological polar surface area (TPSA) is 230 Å². The second-order valence-corrected chi connectivity index (χ2v) is 14.1. The average Bonchev–Trinajstić information content (AvgIpc) is 3.72. The van der Waals surface area contributed by atoms with Gasteiger partial charge in [0, 0.05) is 35.1 Å². The van der Waals surface area contributed by atoms with Gasteiger partial charge in [-0.15, -0.1) is 22.0 Å². The van der Waals surface area contributed by atoms with Crippen LogP contribution in [0.15, 0.2) is 29.1 Å². The molecule has 1 amide bonds. The number of ketones is 1. The molecule has 45 heavy (non-hydrogen) atoms. The highest BCUT2D eigenvalue weighted by Crippen LogP contribution is 2.48. The molecule has 2 atom stereocenters. The van der Waals surface area contributed by atoms with Gasteiger partial charge in [0.25, 0.3) is 0 Å². The summed E-state index contributed by atoms with van der Waals surface area (Å²) in [6.07, 6.45) is 1.15. The molecule has 6 N–H and O–H groups in total. The number of rotatable bonds is 10. The number of tetrazole rings is 1. The maximum absolute atomic E-state index is 13.7. The first-order valence-electron chi connectivity index (χ1n) is 13.8. The Morgan fingerprint density at radius 1 is 1.24 bits per heavy atom. The molecule has 1 saturated heterocycles. The number of anilines is 1. The molecular formula is C27H30N9O7S2+. The first-order valence-corrected chi connectivity index (χ1v) is 15.6. The number of carbonyl (C=O) groups excluding carboxylic acids is 2. The van der Waals surface area contributed by atoms with Crippen LogP contribution in [-0.4, -0.2) is 104 Å². The van der Waals surface area contributed by atoms with E-state index in [9.17, 15) is 29.7 Å². The molecule has 6 rings (SSSR count). The molecule has 0 saturated carbocycles. The van der Waals surface area contributed by atoms with E-state index in [4.69, 9.17) is 10.6 Å². The number of carboxylic acid groups (broad SMARTS) is 1. The van der Waals surface area contributed by atoms with Crippen molar-refractivity contribution in [2.75, 3.05) is 25.1 Å². The Balaban J connectivity index is 1.25. The number of hydrogen-bond acceptors (Lipinski definition) is 14. The number of thiazole rings is 1. The minimum absolute atomic E-state index is 0.164. The Morgan fingerprint density at radius 2 is 1.93 bits per heavy atom. The molecule has 3 aliphatic rings. The van der Waals surface area contributed by atoms with Gasteiger partial charge >= 0.3 is 5.97 Å². The molecule has 5 heterocycles. The second kappa shape index (κ2) is 11.1. The van der Waals surface area contributed by atoms with Crippen LogP contribution in [0.5, 0.6) is 11.5 Å². The number of aliphatic carboxylic acids is 1. The highest BCUT2D eigenvalue weighted by molar-refractivity contribution is 8.00. The van der Waals surface area contributed by atoms with Gasteiger partial charge in [0.1, 0.15) is 19.6 Å². The Hall–Kier alpha value is -4.55. The molecule has 3 aromatic rings. The van der Waals surface area contributed by atoms with Crippen molar-refractivity contribution < 1.29 is 39.0 Å². The van der Waals surface area contributed by atoms with E-state index in [1.807, 2.05) is 0 Å². The van der Waals surface area contributed by atoms with Crippen LogP contribution in [0.2, 0.25) is 0 Å². The number of aromatic amines is 1. The maximum Gasteiger partial charge on any atom is 0.350 e. The van der Waals surface area contributed by atoms with Crippen LogP contribution in [0.3, 0.4) is 0 Å². The smallest absolute Gasteiger partial charge is 0.350 e. The van der Waals surface area contributed by atoms with Gasteiger partial charge in [0.15, 0.2) is 28.1 Å². The molecule has 3 aliphatic heterocycles. The predicted molar refractivity (Wildman–Crippen MR) is 161 cm³/mol. The minimum Gasteiger partial charge on any atom is -0.504 e. The molecule has 1 aromatic carbocycles. The van der Waals surface area contributed by atoms with Crippen molar-refractivity contribution in [3.63, 3.8) is 0 Å². The standard InChI is InChI=1S/C27H29N9O7S2/c1-27(2,25(41)42)43-32-20(19-7-29-26(28)45-19)18(39)6-15-23(40)35-21(22-30-33-34-31-22)14(11-44-24(15)35)10-36(3)8-12-4-16(37)17(38)5-13(12)9-36/h4-5,7,15,24H,6,8-11H2,1-3H3,(H5-,28,29,30,31,32,33,34,37,38,39,41,42)/p+1/t15-,24-/m1/s1. The number of hydrogen-bond donors (Lipinski definition) is 5. The quantitative estimate of drug-likeness (QED) is 0.0682. The lowest BCUT2D eigenvalue weighted by molar-refractivity contribution is -0.924. The maximum atomic E-state index is 13.7. The van der Waals surface area contributed by atoms with E-state index in [2.05, 4.69) is 37.8 Å². The summed E-state index contributed by atoms with van der Waals surface area (Å²) < 4.78 is 0.536. The van der Waals surface area contributed by atoms with Crippen LogP contribution in [-0.2, 0) is 32.3 Å². The number of nitrogens with one attached hydrogen (secondary N) is 1. The van der Waals surface area contributed by atoms with E-state index in [0.717, 1.165) is 28.0 Å². The van der Waals surface area contributed by atoms with Crippen LogP contribution < -0.4 is 5.73 Å². The molecule has 2 aromatic heterocycles. The summed E-state index contributed by atoms with van der Waals surface area (Å²) in [6, 6.07) is 3.17. The number of Topliss-reactive ketones (excluding diaryl/α,β-unsaturated/α-hetero) is 1. The highest BCUT2D eigenvalue weighted by atomic mass is 32.2. The Bertz CT molecular complexity index is 1740. The summed E-state index contributed by atoms with van der Waals surface area (Å²) >= 11 is 2.51. The van der Waals surface area contributed by atoms with E-state index in [0.29, 0.717) is 40.4 Å². The van der Waals surface area contributed by atoms with E-state index in [1.165, 1.54) is 31.8 Å². The number of likely N-dealkylation sites (N-methyl/N-ethyl adjacent to an activating group) is 1. The molecule has 0 unspecified atom stereocenters. The zero-order valence-electron chi connectivity index (χ0n) is 24.4. The number of aromatic hydroxyl groups is 2. The number of β-lactam (4-membered cyclic amide) rings is 1. The summed E-state index contributed by atoms with van der Waals surface area (Å²) in [7, 11) is 2.06. The van der Waals surface area contributed by atoms with Crippen molar-refractivity contribution in [2.24, 2.45) is 11.1 Å². The fourth-order valence-electron chi connectivity index (χ4n) is 5.75. The number of aromatic nitrogens is 5. The first-order chi connectivity index (χ1) is 21.3. The van der Waals surface area contributed by atoms with Gasteiger partial charge in [-0.1, -0.05) is 16.5 Å². The molecule has 236 valence electrons. The van der Waals surface area contributed by atoms with E-state index in [-0.39, 0.29) is 40.5 Å². The monoisotopic (exact) mass is 656 g/mol. The number of phenols is 2. The van der Waals surface area contributed by atoms with Crippen LogP contribution >= 0.6 is 23.1 Å². The van der Waals surface area contributed by atoms with E-state index >= 15 is 0 Å². The normalized spacial score (nSPS) is 20.9. The van der Waals surface area contributed by atoms with Crippen molar-refractivity contribution in [3.05, 3.63) is 45.7 Å². The molecule has 1 fully saturated rings. The van der Waals surface area contributed by atoms with Gasteiger partial charge in [-0.05, 0) is 31.2 Å². The fraction of sp³-hybridized carbons (Fsp3) is 0.407. The summed E-state index contributed by atoms with van der Waals surface area (Å²) in [5.41, 5.74) is 7.23. The Morgan fingerprint density at radius 3 is 2.51 bits per heavy atom. The summed E-state index contributed by atoms with van der Waals surface area (Å²) in [5, 5.41) is 47.6. The van der Waals surface area contributed by atoms with E-state index < -0.39 is 28.6 Å². The zero-order chi connectivity index (χ0) is 32.3. The third-order valence-electron chi connectivity index (χ3n) is 7.99. The zero-order valence-corrected chi connectivity index (χ0v) is 26.1. The number of nitrogens with zero attached hydrogens (tertiary/aromatic N) is 7. The largest absolute Gasteiger partial charge is 0.504 e. The number of carboxylic acids is 1. The minimum atomic E-state index is -1.71. The number of nitrogen functional groups attached to an aromatic ring is 1. The Kier molecular flexibility index (Phi) is 7.52. The molecule has 18 heteroatoms. The average molecular weight is 657 g/mol. The van der Waals surface area contributed by atoms with Gasteiger partial charge in [0.05, 0.1) is 28.9 Å². The second-order valence-electron chi connectivity index (χ2n) is 11.9. The molecule has 0 bridgehead atoms. The van der Waals surface area contributed by atoms with Crippen molar-refractivity contribution in [2.45, 2.75) is 44.3 Å². The van der Waals surface area contributed by atoms with Crippen LogP contribution in [0, 0.1) is 5.92 Å². The number of quaternary nitrogens is 1. The third-order valence-corrected chi connectivity index (χ3v) is 10.2. The van der Waals surface area contributed by atoms with Crippen molar-refractivity contribution in [1.29, 1.82) is 0 Å². The number of thioether (sulfide) groups is 1. The lowest BCUT2D eigenvalue weighted by Crippen LogP contribution is -2.61. The fourth-order valence-corrected chi connectivity index (χ4v) is 7.83. The van der Waals surface area contributed by atoms with Gasteiger partial charge in [-0.25, -0.2) is 9.78 Å².